The highest BCUT2D eigenvalue weighted by atomic mass is 32.2. The molecule has 4 aliphatic carbocycles. The van der Waals surface area contributed by atoms with E-state index in [9.17, 15) is 4.79 Å². The van der Waals surface area contributed by atoms with Crippen LogP contribution in [-0.4, -0.2) is 39.4 Å². The van der Waals surface area contributed by atoms with Crippen LogP contribution >= 0.6 is 11.8 Å². The number of carbonyl (C=O) groups is 1. The molecule has 4 aliphatic rings. The highest BCUT2D eigenvalue weighted by Gasteiger charge is 2.59. The Morgan fingerprint density at radius 3 is 2.15 bits per heavy atom. The molecule has 7 atom stereocenters. The SMILES string of the molecule is CC(SC(=O)Oc1ccccc1)C1=CCC2C3=CC=C4CC(O[Si](C)(C)C(C)(C)C)CC(O[Si](C)(C)C(C)(C)C)C4(C)C3CCC12C. The van der Waals surface area contributed by atoms with Crippen molar-refractivity contribution in [1.29, 1.82) is 0 Å². The Morgan fingerprint density at radius 2 is 1.53 bits per heavy atom. The van der Waals surface area contributed by atoms with Gasteiger partial charge in [0.1, 0.15) is 5.75 Å². The maximum atomic E-state index is 12.9. The van der Waals surface area contributed by atoms with Crippen LogP contribution in [0.4, 0.5) is 4.79 Å². The normalized spacial score (nSPS) is 31.9. The number of carbonyl (C=O) groups excluding carboxylic acids is 1. The quantitative estimate of drug-likeness (QED) is 0.161. The van der Waals surface area contributed by atoms with Crippen molar-refractivity contribution in [2.45, 2.75) is 148 Å². The van der Waals surface area contributed by atoms with E-state index in [1.54, 1.807) is 5.57 Å². The molecule has 0 aromatic heterocycles. The monoisotopic (exact) mass is 694 g/mol. The van der Waals surface area contributed by atoms with Gasteiger partial charge in [-0.2, -0.15) is 0 Å². The van der Waals surface area contributed by atoms with E-state index in [4.69, 9.17) is 13.6 Å². The number of fused-ring (bicyclic) bond motifs is 5. The van der Waals surface area contributed by atoms with E-state index in [2.05, 4.69) is 107 Å². The first kappa shape index (κ1) is 36.9. The van der Waals surface area contributed by atoms with Crippen LogP contribution in [0.3, 0.4) is 0 Å². The summed E-state index contributed by atoms with van der Waals surface area (Å²) in [5.74, 6) is 1.51. The summed E-state index contributed by atoms with van der Waals surface area (Å²) in [5.41, 5.74) is 4.55. The Kier molecular flexibility index (Phi) is 10.00. The van der Waals surface area contributed by atoms with Crippen LogP contribution in [0.2, 0.25) is 36.3 Å². The third kappa shape index (κ3) is 6.87. The van der Waals surface area contributed by atoms with E-state index in [1.807, 2.05) is 30.3 Å². The summed E-state index contributed by atoms with van der Waals surface area (Å²) in [5, 5.41) is 0.149. The molecule has 2 fully saturated rings. The lowest BCUT2D eigenvalue weighted by Crippen LogP contribution is -2.58. The molecule has 0 bridgehead atoms. The summed E-state index contributed by atoms with van der Waals surface area (Å²) >= 11 is 1.32. The molecule has 0 heterocycles. The number of thioether (sulfide) groups is 1. The lowest BCUT2D eigenvalue weighted by atomic mass is 9.49. The summed E-state index contributed by atoms with van der Waals surface area (Å²) in [6.07, 6.45) is 13.0. The first-order valence-electron chi connectivity index (χ1n) is 18.0. The molecule has 7 unspecified atom stereocenters. The van der Waals surface area contributed by atoms with Crippen molar-refractivity contribution >= 4 is 33.7 Å². The lowest BCUT2D eigenvalue weighted by Gasteiger charge is -2.59. The molecule has 0 spiro atoms. The van der Waals surface area contributed by atoms with Gasteiger partial charge in [-0.05, 0) is 116 Å². The van der Waals surface area contributed by atoms with E-state index in [1.165, 1.54) is 22.9 Å². The zero-order valence-electron chi connectivity index (χ0n) is 31.6. The number of ether oxygens (including phenoxy) is 1. The van der Waals surface area contributed by atoms with Crippen molar-refractivity contribution in [3.8, 4) is 5.75 Å². The number of rotatable bonds is 7. The summed E-state index contributed by atoms with van der Waals surface area (Å²) in [4.78, 5) is 12.9. The molecule has 5 rings (SSSR count). The topological polar surface area (TPSA) is 44.8 Å². The van der Waals surface area contributed by atoms with Gasteiger partial charge >= 0.3 is 5.30 Å². The molecule has 0 radical (unpaired) electrons. The molecular formula is C40H62O4SSi2. The average molecular weight is 695 g/mol. The highest BCUT2D eigenvalue weighted by molar-refractivity contribution is 8.14. The smallest absolute Gasteiger partial charge is 0.373 e. The first-order valence-corrected chi connectivity index (χ1v) is 24.7. The number of hydrogen-bond donors (Lipinski definition) is 0. The fourth-order valence-corrected chi connectivity index (χ4v) is 12.2. The third-order valence-electron chi connectivity index (χ3n) is 13.4. The molecule has 4 nitrogen and oxygen atoms in total. The summed E-state index contributed by atoms with van der Waals surface area (Å²) < 4.78 is 20.3. The van der Waals surface area contributed by atoms with Crippen LogP contribution in [0.15, 0.2) is 65.3 Å². The van der Waals surface area contributed by atoms with Crippen molar-refractivity contribution in [3.63, 3.8) is 0 Å². The molecule has 1 aromatic rings. The van der Waals surface area contributed by atoms with Gasteiger partial charge in [0.05, 0.1) is 12.2 Å². The summed E-state index contributed by atoms with van der Waals surface area (Å²) in [6, 6.07) is 9.40. The van der Waals surface area contributed by atoms with Gasteiger partial charge in [-0.15, -0.1) is 0 Å². The molecule has 1 aromatic carbocycles. The zero-order chi connectivity index (χ0) is 34.8. The van der Waals surface area contributed by atoms with Gasteiger partial charge in [0, 0.05) is 10.7 Å². The molecule has 0 N–H and O–H groups in total. The molecule has 0 amide bonds. The van der Waals surface area contributed by atoms with Crippen molar-refractivity contribution in [2.75, 3.05) is 0 Å². The fourth-order valence-electron chi connectivity index (χ4n) is 8.46. The van der Waals surface area contributed by atoms with Crippen molar-refractivity contribution in [2.24, 2.45) is 22.7 Å². The van der Waals surface area contributed by atoms with Crippen LogP contribution in [0, 0.1) is 22.7 Å². The van der Waals surface area contributed by atoms with E-state index in [0.29, 0.717) is 17.6 Å². The van der Waals surface area contributed by atoms with Crippen molar-refractivity contribution in [3.05, 3.63) is 65.3 Å². The maximum Gasteiger partial charge on any atom is 0.373 e. The van der Waals surface area contributed by atoms with Crippen LogP contribution in [0.1, 0.15) is 94.4 Å². The zero-order valence-corrected chi connectivity index (χ0v) is 34.4. The van der Waals surface area contributed by atoms with Crippen LogP contribution < -0.4 is 4.74 Å². The average Bonchev–Trinajstić information content (AvgIpc) is 3.30. The molecule has 260 valence electrons. The Bertz CT molecular complexity index is 1430. The number of allylic oxidation sites excluding steroid dienone is 4. The van der Waals surface area contributed by atoms with Gasteiger partial charge in [0.2, 0.25) is 0 Å². The first-order chi connectivity index (χ1) is 21.6. The second kappa shape index (κ2) is 12.7. The Balaban J connectivity index is 1.42. The fraction of sp³-hybridized carbons (Fsp3) is 0.675. The maximum absolute atomic E-state index is 12.9. The minimum atomic E-state index is -2.06. The predicted molar refractivity (Wildman–Crippen MR) is 204 cm³/mol. The number of benzene rings is 1. The molecule has 47 heavy (non-hydrogen) atoms. The second-order valence-electron chi connectivity index (χ2n) is 18.3. The van der Waals surface area contributed by atoms with E-state index in [-0.39, 0.29) is 43.7 Å². The van der Waals surface area contributed by atoms with Gasteiger partial charge < -0.3 is 13.6 Å². The van der Waals surface area contributed by atoms with Gasteiger partial charge in [0.25, 0.3) is 0 Å². The summed E-state index contributed by atoms with van der Waals surface area (Å²) in [7, 11) is -4.00. The van der Waals surface area contributed by atoms with Gasteiger partial charge in [-0.1, -0.05) is 109 Å². The van der Waals surface area contributed by atoms with Crippen LogP contribution in [-0.2, 0) is 8.85 Å². The van der Waals surface area contributed by atoms with Crippen LogP contribution in [0.5, 0.6) is 5.75 Å². The minimum Gasteiger partial charge on any atom is -0.418 e. The summed E-state index contributed by atoms with van der Waals surface area (Å²) in [6.45, 7) is 31.0. The van der Waals surface area contributed by atoms with Gasteiger partial charge in [-0.25, -0.2) is 4.79 Å². The van der Waals surface area contributed by atoms with Crippen molar-refractivity contribution in [1.82, 2.24) is 0 Å². The Morgan fingerprint density at radius 1 is 0.915 bits per heavy atom. The van der Waals surface area contributed by atoms with Gasteiger partial charge in [-0.3, -0.25) is 0 Å². The largest absolute Gasteiger partial charge is 0.418 e. The predicted octanol–water partition coefficient (Wildman–Crippen LogP) is 12.1. The molecule has 2 saturated carbocycles. The standard InChI is InChI=1S/C40H62O4SSi2/c1-27(45-36(41)42-29-17-15-14-16-18-29)32-21-22-33-31-20-19-28-25-30(43-46(10,11)37(2,3)4)26-35(44-47(12,13)38(5,6)7)40(28,9)34(31)23-24-39(32,33)8/h14-21,27,30,33-35H,22-26H2,1-13H3. The Hall–Kier alpha value is -1.39. The van der Waals surface area contributed by atoms with E-state index in [0.717, 1.165) is 32.1 Å². The minimum absolute atomic E-state index is 0.0436. The van der Waals surface area contributed by atoms with Crippen molar-refractivity contribution < 1.29 is 18.4 Å². The molecule has 0 saturated heterocycles. The third-order valence-corrected chi connectivity index (χ3v) is 23.3. The second-order valence-corrected chi connectivity index (χ2v) is 29.1. The van der Waals surface area contributed by atoms with E-state index >= 15 is 0 Å². The van der Waals surface area contributed by atoms with Crippen LogP contribution in [0.25, 0.3) is 0 Å². The molecule has 0 aliphatic heterocycles. The number of hydrogen-bond acceptors (Lipinski definition) is 5. The van der Waals surface area contributed by atoms with E-state index < -0.39 is 16.6 Å². The molecular weight excluding hydrogens is 633 g/mol. The highest BCUT2D eigenvalue weighted by Crippen LogP contribution is 2.65. The molecule has 7 heteroatoms. The lowest BCUT2D eigenvalue weighted by molar-refractivity contribution is -0.0386. The van der Waals surface area contributed by atoms with Gasteiger partial charge in [0.15, 0.2) is 16.6 Å². The Labute approximate surface area is 292 Å². The number of para-hydroxylation sites is 1.